The number of hydrogen-bond acceptors (Lipinski definition) is 2. The number of hydrogen-bond donors (Lipinski definition) is 1. The standard InChI is InChI=1S/C19H26ClNO2/c1-2-18(14-22)10-12-21(13-11-18)17(23)19(8-3-9-19)15-4-6-16(20)7-5-15/h4-7,22H,2-3,8-14H2,1H3. The molecule has 1 heterocycles. The SMILES string of the molecule is CCC1(CO)CCN(C(=O)C2(c3ccc(Cl)cc3)CCC2)CC1. The zero-order valence-electron chi connectivity index (χ0n) is 13.9. The Morgan fingerprint density at radius 1 is 1.17 bits per heavy atom. The maximum absolute atomic E-state index is 13.2. The van der Waals surface area contributed by atoms with E-state index in [9.17, 15) is 9.90 Å². The number of likely N-dealkylation sites (tertiary alicyclic amines) is 1. The average molecular weight is 336 g/mol. The van der Waals surface area contributed by atoms with Crippen molar-refractivity contribution in [3.63, 3.8) is 0 Å². The number of rotatable bonds is 4. The van der Waals surface area contributed by atoms with Gasteiger partial charge >= 0.3 is 0 Å². The van der Waals surface area contributed by atoms with E-state index in [1.54, 1.807) is 0 Å². The third-order valence-corrected chi connectivity index (χ3v) is 6.46. The van der Waals surface area contributed by atoms with Gasteiger partial charge in [0.1, 0.15) is 0 Å². The summed E-state index contributed by atoms with van der Waals surface area (Å²) in [5.74, 6) is 0.272. The van der Waals surface area contributed by atoms with Crippen LogP contribution in [0.5, 0.6) is 0 Å². The largest absolute Gasteiger partial charge is 0.396 e. The molecule has 3 rings (SSSR count). The van der Waals surface area contributed by atoms with Crippen molar-refractivity contribution in [2.45, 2.75) is 50.9 Å². The van der Waals surface area contributed by atoms with Crippen molar-refractivity contribution in [1.29, 1.82) is 0 Å². The molecule has 2 fully saturated rings. The van der Waals surface area contributed by atoms with Crippen LogP contribution in [-0.4, -0.2) is 35.6 Å². The van der Waals surface area contributed by atoms with Crippen molar-refractivity contribution in [3.8, 4) is 0 Å². The summed E-state index contributed by atoms with van der Waals surface area (Å²) in [6.07, 6.45) is 5.77. The van der Waals surface area contributed by atoms with Crippen LogP contribution in [0.25, 0.3) is 0 Å². The number of benzene rings is 1. The molecule has 126 valence electrons. The Labute approximate surface area is 143 Å². The van der Waals surface area contributed by atoms with Gasteiger partial charge in [-0.15, -0.1) is 0 Å². The van der Waals surface area contributed by atoms with Gasteiger partial charge in [-0.25, -0.2) is 0 Å². The Bertz CT molecular complexity index is 551. The highest BCUT2D eigenvalue weighted by Gasteiger charge is 2.48. The van der Waals surface area contributed by atoms with Crippen LogP contribution in [0.4, 0.5) is 0 Å². The zero-order valence-corrected chi connectivity index (χ0v) is 14.6. The second-order valence-electron chi connectivity index (χ2n) is 7.25. The molecule has 1 aliphatic heterocycles. The van der Waals surface area contributed by atoms with Gasteiger partial charge in [0.05, 0.1) is 5.41 Å². The first-order valence-electron chi connectivity index (χ1n) is 8.72. The summed E-state index contributed by atoms with van der Waals surface area (Å²) in [5.41, 5.74) is 0.785. The lowest BCUT2D eigenvalue weighted by Gasteiger charge is -2.47. The highest BCUT2D eigenvalue weighted by molar-refractivity contribution is 6.30. The van der Waals surface area contributed by atoms with E-state index in [-0.39, 0.29) is 23.3 Å². The number of nitrogens with zero attached hydrogens (tertiary/aromatic N) is 1. The fourth-order valence-electron chi connectivity index (χ4n) is 4.04. The van der Waals surface area contributed by atoms with Crippen LogP contribution < -0.4 is 0 Å². The second kappa shape index (κ2) is 6.45. The predicted octanol–water partition coefficient (Wildman–Crippen LogP) is 3.77. The molecule has 0 aromatic heterocycles. The summed E-state index contributed by atoms with van der Waals surface area (Å²) in [7, 11) is 0. The summed E-state index contributed by atoms with van der Waals surface area (Å²) in [6.45, 7) is 3.90. The monoisotopic (exact) mass is 335 g/mol. The first kappa shape index (κ1) is 16.8. The number of carbonyl (C=O) groups is 1. The minimum absolute atomic E-state index is 0.0177. The molecule has 0 atom stereocenters. The van der Waals surface area contributed by atoms with E-state index >= 15 is 0 Å². The minimum atomic E-state index is -0.337. The van der Waals surface area contributed by atoms with E-state index in [0.717, 1.165) is 57.2 Å². The molecule has 1 aliphatic carbocycles. The minimum Gasteiger partial charge on any atom is -0.396 e. The van der Waals surface area contributed by atoms with Crippen LogP contribution in [0, 0.1) is 5.41 Å². The summed E-state index contributed by atoms with van der Waals surface area (Å²) in [4.78, 5) is 15.2. The average Bonchev–Trinajstić information content (AvgIpc) is 2.55. The van der Waals surface area contributed by atoms with Crippen molar-refractivity contribution in [3.05, 3.63) is 34.9 Å². The number of piperidine rings is 1. The van der Waals surface area contributed by atoms with Gasteiger partial charge in [-0.2, -0.15) is 0 Å². The highest BCUT2D eigenvalue weighted by atomic mass is 35.5. The maximum atomic E-state index is 13.2. The first-order valence-corrected chi connectivity index (χ1v) is 9.09. The van der Waals surface area contributed by atoms with Crippen LogP contribution in [0.2, 0.25) is 5.02 Å². The van der Waals surface area contributed by atoms with Crippen molar-refractivity contribution >= 4 is 17.5 Å². The normalized spacial score (nSPS) is 22.5. The molecule has 2 aliphatic rings. The summed E-state index contributed by atoms with van der Waals surface area (Å²) in [5, 5.41) is 10.4. The first-order chi connectivity index (χ1) is 11.1. The van der Waals surface area contributed by atoms with Crippen LogP contribution >= 0.6 is 11.6 Å². The summed E-state index contributed by atoms with van der Waals surface area (Å²) >= 11 is 6.00. The lowest BCUT2D eigenvalue weighted by molar-refractivity contribution is -0.144. The summed E-state index contributed by atoms with van der Waals surface area (Å²) < 4.78 is 0. The molecule has 0 spiro atoms. The Morgan fingerprint density at radius 3 is 2.22 bits per heavy atom. The Kier molecular flexibility index (Phi) is 4.70. The third kappa shape index (κ3) is 2.89. The topological polar surface area (TPSA) is 40.5 Å². The molecule has 1 amide bonds. The van der Waals surface area contributed by atoms with Crippen LogP contribution in [0.3, 0.4) is 0 Å². The molecule has 1 aromatic carbocycles. The third-order valence-electron chi connectivity index (χ3n) is 6.21. The van der Waals surface area contributed by atoms with Gasteiger partial charge in [0, 0.05) is 24.7 Å². The molecule has 23 heavy (non-hydrogen) atoms. The van der Waals surface area contributed by atoms with Crippen molar-refractivity contribution < 1.29 is 9.90 Å². The quantitative estimate of drug-likeness (QED) is 0.909. The molecule has 0 radical (unpaired) electrons. The highest BCUT2D eigenvalue weighted by Crippen LogP contribution is 2.46. The molecule has 0 unspecified atom stereocenters. The van der Waals surface area contributed by atoms with Crippen molar-refractivity contribution in [2.24, 2.45) is 5.41 Å². The molecular weight excluding hydrogens is 310 g/mol. The molecule has 0 bridgehead atoms. The molecule has 1 aromatic rings. The van der Waals surface area contributed by atoms with E-state index in [2.05, 4.69) is 6.92 Å². The molecule has 1 N–H and O–H groups in total. The van der Waals surface area contributed by atoms with Crippen molar-refractivity contribution in [1.82, 2.24) is 4.90 Å². The van der Waals surface area contributed by atoms with Gasteiger partial charge < -0.3 is 10.0 Å². The fourth-order valence-corrected chi connectivity index (χ4v) is 4.16. The number of amides is 1. The Balaban J connectivity index is 1.75. The Morgan fingerprint density at radius 2 is 1.78 bits per heavy atom. The summed E-state index contributed by atoms with van der Waals surface area (Å²) in [6, 6.07) is 7.78. The zero-order chi connectivity index (χ0) is 16.5. The van der Waals surface area contributed by atoms with E-state index in [0.29, 0.717) is 5.02 Å². The van der Waals surface area contributed by atoms with E-state index in [1.165, 1.54) is 0 Å². The lowest BCUT2D eigenvalue weighted by Crippen LogP contribution is -2.54. The van der Waals surface area contributed by atoms with Gasteiger partial charge in [-0.05, 0) is 55.2 Å². The molecular formula is C19H26ClNO2. The van der Waals surface area contributed by atoms with Crippen molar-refractivity contribution in [2.75, 3.05) is 19.7 Å². The number of halogens is 1. The van der Waals surface area contributed by atoms with Gasteiger partial charge in [-0.1, -0.05) is 37.1 Å². The molecule has 1 saturated carbocycles. The van der Waals surface area contributed by atoms with E-state index in [1.807, 2.05) is 29.2 Å². The van der Waals surface area contributed by atoms with Crippen LogP contribution in [0.15, 0.2) is 24.3 Å². The molecule has 1 saturated heterocycles. The molecule has 4 heteroatoms. The maximum Gasteiger partial charge on any atom is 0.233 e. The smallest absolute Gasteiger partial charge is 0.233 e. The number of aliphatic hydroxyl groups is 1. The van der Waals surface area contributed by atoms with Gasteiger partial charge in [0.25, 0.3) is 0 Å². The Hall–Kier alpha value is -1.06. The van der Waals surface area contributed by atoms with E-state index in [4.69, 9.17) is 11.6 Å². The van der Waals surface area contributed by atoms with Crippen LogP contribution in [0.1, 0.15) is 51.0 Å². The van der Waals surface area contributed by atoms with Gasteiger partial charge in [0.15, 0.2) is 0 Å². The number of carbonyl (C=O) groups excluding carboxylic acids is 1. The predicted molar refractivity (Wildman–Crippen MR) is 92.6 cm³/mol. The fraction of sp³-hybridized carbons (Fsp3) is 0.632. The molecule has 3 nitrogen and oxygen atoms in total. The lowest BCUT2D eigenvalue weighted by atomic mass is 9.63. The van der Waals surface area contributed by atoms with Gasteiger partial charge in [-0.3, -0.25) is 4.79 Å². The van der Waals surface area contributed by atoms with Crippen LogP contribution in [-0.2, 0) is 10.2 Å². The number of aliphatic hydroxyl groups excluding tert-OH is 1. The van der Waals surface area contributed by atoms with Gasteiger partial charge in [0.2, 0.25) is 5.91 Å². The second-order valence-corrected chi connectivity index (χ2v) is 7.68. The van der Waals surface area contributed by atoms with E-state index < -0.39 is 0 Å².